The summed E-state index contributed by atoms with van der Waals surface area (Å²) in [5.74, 6) is 2.78. The molecule has 166 valence electrons. The zero-order valence-electron chi connectivity index (χ0n) is 16.8. The molecule has 0 spiro atoms. The third-order valence-corrected chi connectivity index (χ3v) is 7.65. The number of nitrogens with one attached hydrogen (secondary N) is 2. The molecule has 0 aromatic heterocycles. The molecule has 1 heterocycles. The van der Waals surface area contributed by atoms with Crippen molar-refractivity contribution in [3.63, 3.8) is 0 Å². The zero-order valence-corrected chi connectivity index (χ0v) is 21.6. The van der Waals surface area contributed by atoms with Crippen molar-refractivity contribution in [3.05, 3.63) is 35.1 Å². The van der Waals surface area contributed by atoms with Crippen molar-refractivity contribution in [1.82, 2.24) is 14.9 Å². The van der Waals surface area contributed by atoms with Gasteiger partial charge in [0.05, 0.1) is 12.3 Å². The number of guanidine groups is 1. The van der Waals surface area contributed by atoms with Crippen LogP contribution in [0.1, 0.15) is 18.1 Å². The molecule has 0 radical (unpaired) electrons. The molecule has 6 nitrogen and oxygen atoms in total. The maximum absolute atomic E-state index is 13.5. The van der Waals surface area contributed by atoms with Crippen LogP contribution in [0.3, 0.4) is 0 Å². The molecule has 11 heteroatoms. The highest BCUT2D eigenvalue weighted by atomic mass is 127. The molecule has 0 atom stereocenters. The molecule has 1 aromatic carbocycles. The number of aliphatic imine (C=N–C) groups is 1. The Balaban J connectivity index is 0.00000420. The molecular formula is C18H30FIN4O2S3. The fourth-order valence-electron chi connectivity index (χ4n) is 2.80. The van der Waals surface area contributed by atoms with Gasteiger partial charge in [0.15, 0.2) is 5.96 Å². The largest absolute Gasteiger partial charge is 0.357 e. The van der Waals surface area contributed by atoms with E-state index >= 15 is 0 Å². The number of benzene rings is 1. The van der Waals surface area contributed by atoms with Gasteiger partial charge in [0, 0.05) is 43.4 Å². The van der Waals surface area contributed by atoms with Crippen LogP contribution >= 0.6 is 47.5 Å². The quantitative estimate of drug-likeness (QED) is 0.268. The lowest BCUT2D eigenvalue weighted by Crippen LogP contribution is -2.44. The van der Waals surface area contributed by atoms with Gasteiger partial charge in [0.1, 0.15) is 5.82 Å². The van der Waals surface area contributed by atoms with Gasteiger partial charge in [-0.1, -0.05) is 6.07 Å². The van der Waals surface area contributed by atoms with E-state index in [1.807, 2.05) is 13.2 Å². The second kappa shape index (κ2) is 13.9. The monoisotopic (exact) mass is 576 g/mol. The lowest BCUT2D eigenvalue weighted by molar-refractivity contribution is 0.443. The van der Waals surface area contributed by atoms with Crippen molar-refractivity contribution in [2.45, 2.75) is 19.2 Å². The van der Waals surface area contributed by atoms with Crippen LogP contribution in [0.4, 0.5) is 4.39 Å². The average molecular weight is 577 g/mol. The Morgan fingerprint density at radius 1 is 1.28 bits per heavy atom. The van der Waals surface area contributed by atoms with E-state index in [1.165, 1.54) is 6.07 Å². The number of rotatable bonds is 9. The van der Waals surface area contributed by atoms with Crippen molar-refractivity contribution in [3.8, 4) is 0 Å². The summed E-state index contributed by atoms with van der Waals surface area (Å²) < 4.78 is 39.9. The van der Waals surface area contributed by atoms with Crippen molar-refractivity contribution in [2.24, 2.45) is 4.99 Å². The van der Waals surface area contributed by atoms with Crippen molar-refractivity contribution in [2.75, 3.05) is 49.7 Å². The number of sulfonamides is 1. The van der Waals surface area contributed by atoms with Crippen LogP contribution in [0.2, 0.25) is 0 Å². The van der Waals surface area contributed by atoms with Gasteiger partial charge in [-0.25, -0.2) is 22.1 Å². The topological polar surface area (TPSA) is 73.8 Å². The molecule has 1 fully saturated rings. The Morgan fingerprint density at radius 3 is 2.66 bits per heavy atom. The van der Waals surface area contributed by atoms with Crippen LogP contribution in [0, 0.1) is 5.82 Å². The smallest absolute Gasteiger partial charge is 0.215 e. The molecule has 1 saturated heterocycles. The second-order valence-electron chi connectivity index (χ2n) is 6.30. The molecule has 29 heavy (non-hydrogen) atoms. The molecule has 1 aliphatic rings. The van der Waals surface area contributed by atoms with Crippen LogP contribution in [0.5, 0.6) is 0 Å². The van der Waals surface area contributed by atoms with E-state index in [9.17, 15) is 12.8 Å². The highest BCUT2D eigenvalue weighted by Crippen LogP contribution is 2.17. The highest BCUT2D eigenvalue weighted by molar-refractivity contribution is 14.0. The predicted octanol–water partition coefficient (Wildman–Crippen LogP) is 2.74. The predicted molar refractivity (Wildman–Crippen MR) is 135 cm³/mol. The summed E-state index contributed by atoms with van der Waals surface area (Å²) in [6.07, 6.45) is 1.98. The first-order valence-corrected chi connectivity index (χ1v) is 13.5. The summed E-state index contributed by atoms with van der Waals surface area (Å²) in [5, 5.41) is 6.23. The van der Waals surface area contributed by atoms with Crippen LogP contribution in [0.25, 0.3) is 0 Å². The maximum atomic E-state index is 13.5. The number of thioether (sulfide) groups is 2. The van der Waals surface area contributed by atoms with Gasteiger partial charge in [-0.3, -0.25) is 0 Å². The van der Waals surface area contributed by atoms with Gasteiger partial charge in [0.25, 0.3) is 0 Å². The van der Waals surface area contributed by atoms with Gasteiger partial charge in [0.2, 0.25) is 10.0 Å². The average Bonchev–Trinajstić information content (AvgIpc) is 2.68. The SMILES string of the molecule is CCNC(=NCc1ccc(F)cc1CSC)NCCS(=O)(=O)N1CCSCC1.I. The van der Waals surface area contributed by atoms with Crippen molar-refractivity contribution in [1.29, 1.82) is 0 Å². The number of nitrogens with zero attached hydrogens (tertiary/aromatic N) is 2. The summed E-state index contributed by atoms with van der Waals surface area (Å²) in [4.78, 5) is 4.54. The third kappa shape index (κ3) is 9.19. The van der Waals surface area contributed by atoms with Crippen LogP contribution < -0.4 is 10.6 Å². The molecule has 0 bridgehead atoms. The summed E-state index contributed by atoms with van der Waals surface area (Å²) in [7, 11) is -3.25. The van der Waals surface area contributed by atoms with Gasteiger partial charge in [-0.2, -0.15) is 23.5 Å². The number of hydrogen-bond acceptors (Lipinski definition) is 5. The van der Waals surface area contributed by atoms with Crippen LogP contribution in [-0.2, 0) is 22.3 Å². The molecule has 1 aliphatic heterocycles. The summed E-state index contributed by atoms with van der Waals surface area (Å²) in [6, 6.07) is 4.75. The Morgan fingerprint density at radius 2 is 2.00 bits per heavy atom. The van der Waals surface area contributed by atoms with Gasteiger partial charge < -0.3 is 10.6 Å². The Labute approximate surface area is 199 Å². The van der Waals surface area contributed by atoms with Crippen molar-refractivity contribution < 1.29 is 12.8 Å². The lowest BCUT2D eigenvalue weighted by atomic mass is 10.1. The van der Waals surface area contributed by atoms with Crippen molar-refractivity contribution >= 4 is 63.5 Å². The fraction of sp³-hybridized carbons (Fsp3) is 0.611. The third-order valence-electron chi connectivity index (χ3n) is 4.24. The Bertz CT molecular complexity index is 759. The molecule has 2 N–H and O–H groups in total. The van der Waals surface area contributed by atoms with Gasteiger partial charge in [-0.15, -0.1) is 24.0 Å². The van der Waals surface area contributed by atoms with Crippen LogP contribution in [0.15, 0.2) is 23.2 Å². The molecular weight excluding hydrogens is 546 g/mol. The summed E-state index contributed by atoms with van der Waals surface area (Å²) in [5.41, 5.74) is 1.89. The lowest BCUT2D eigenvalue weighted by Gasteiger charge is -2.25. The fourth-order valence-corrected chi connectivity index (χ4v) is 5.87. The first kappa shape index (κ1) is 26.8. The Hall–Kier alpha value is -0.240. The van der Waals surface area contributed by atoms with E-state index in [2.05, 4.69) is 15.6 Å². The molecule has 1 aromatic rings. The standard InChI is InChI=1S/C18H29FN4O2S3.HI/c1-3-20-18(21-6-11-28(24,25)23-7-9-27-10-8-23)22-13-15-4-5-17(19)12-16(15)14-26-2;/h4-5,12H,3,6-11,13-14H2,1-2H3,(H2,20,21,22);1H. The first-order chi connectivity index (χ1) is 13.5. The minimum absolute atomic E-state index is 0. The zero-order chi connectivity index (χ0) is 20.4. The number of hydrogen-bond donors (Lipinski definition) is 2. The minimum Gasteiger partial charge on any atom is -0.357 e. The van der Waals surface area contributed by atoms with Crippen LogP contribution in [-0.4, -0.2) is 68.4 Å². The molecule has 2 rings (SSSR count). The Kier molecular flexibility index (Phi) is 12.9. The summed E-state index contributed by atoms with van der Waals surface area (Å²) >= 11 is 3.42. The number of halogens is 2. The maximum Gasteiger partial charge on any atom is 0.215 e. The van der Waals surface area contributed by atoms with E-state index < -0.39 is 10.0 Å². The molecule has 0 aliphatic carbocycles. The normalized spacial score (nSPS) is 15.6. The van der Waals surface area contributed by atoms with E-state index in [4.69, 9.17) is 0 Å². The second-order valence-corrected chi connectivity index (χ2v) is 10.5. The van der Waals surface area contributed by atoms with E-state index in [0.717, 1.165) is 28.4 Å². The van der Waals surface area contributed by atoms with E-state index in [1.54, 1.807) is 40.0 Å². The molecule has 0 saturated carbocycles. The molecule has 0 unspecified atom stereocenters. The minimum atomic E-state index is -3.25. The van der Waals surface area contributed by atoms with Gasteiger partial charge in [-0.05, 0) is 36.4 Å². The molecule has 0 amide bonds. The summed E-state index contributed by atoms with van der Waals surface area (Å²) in [6.45, 7) is 4.49. The highest BCUT2D eigenvalue weighted by Gasteiger charge is 2.23. The van der Waals surface area contributed by atoms with Gasteiger partial charge >= 0.3 is 0 Å². The van der Waals surface area contributed by atoms with E-state index in [0.29, 0.717) is 38.7 Å². The van der Waals surface area contributed by atoms with E-state index in [-0.39, 0.29) is 35.5 Å². The first-order valence-electron chi connectivity index (χ1n) is 9.30.